The van der Waals surface area contributed by atoms with Gasteiger partial charge in [0.05, 0.1) is 12.6 Å². The molecule has 76 valence electrons. The monoisotopic (exact) mass is 210 g/mol. The van der Waals surface area contributed by atoms with E-state index in [0.29, 0.717) is 6.04 Å². The van der Waals surface area contributed by atoms with Crippen molar-refractivity contribution in [2.45, 2.75) is 19.4 Å². The summed E-state index contributed by atoms with van der Waals surface area (Å²) in [5, 5.41) is 9.69. The van der Waals surface area contributed by atoms with E-state index in [1.54, 1.807) is 11.3 Å². The summed E-state index contributed by atoms with van der Waals surface area (Å²) in [6.07, 6.45) is 2.86. The smallest absolute Gasteiger partial charge is 0.191 e. The van der Waals surface area contributed by atoms with Gasteiger partial charge >= 0.3 is 0 Å². The van der Waals surface area contributed by atoms with Gasteiger partial charge in [-0.15, -0.1) is 11.3 Å². The van der Waals surface area contributed by atoms with Crippen LogP contribution in [-0.4, -0.2) is 24.0 Å². The molecular formula is C9H14N4S. The number of thiazole rings is 1. The Balaban J connectivity index is 2.00. The molecule has 2 rings (SSSR count). The average Bonchev–Trinajstić information content (AvgIpc) is 2.86. The maximum atomic E-state index is 4.30. The van der Waals surface area contributed by atoms with Gasteiger partial charge in [0.1, 0.15) is 5.01 Å². The van der Waals surface area contributed by atoms with E-state index in [-0.39, 0.29) is 0 Å². The van der Waals surface area contributed by atoms with Crippen molar-refractivity contribution in [2.24, 2.45) is 4.99 Å². The van der Waals surface area contributed by atoms with Gasteiger partial charge in [-0.1, -0.05) is 6.92 Å². The van der Waals surface area contributed by atoms with E-state index in [2.05, 4.69) is 27.5 Å². The summed E-state index contributed by atoms with van der Waals surface area (Å²) >= 11 is 1.68. The standard InChI is InChI=1S/C9H14N4S/c1-2-7(8-10-5-6-14-8)13-9-11-3-4-12-9/h5-7H,2-4H2,1H3,(H2,11,12,13). The molecular weight excluding hydrogens is 196 g/mol. The Morgan fingerprint density at radius 2 is 2.64 bits per heavy atom. The quantitative estimate of drug-likeness (QED) is 0.786. The van der Waals surface area contributed by atoms with Crippen molar-refractivity contribution in [3.8, 4) is 0 Å². The Labute approximate surface area is 87.5 Å². The van der Waals surface area contributed by atoms with Crippen LogP contribution in [0, 0.1) is 0 Å². The maximum absolute atomic E-state index is 4.30. The van der Waals surface area contributed by atoms with Gasteiger partial charge in [0.25, 0.3) is 0 Å². The van der Waals surface area contributed by atoms with Crippen LogP contribution in [0.5, 0.6) is 0 Å². The van der Waals surface area contributed by atoms with Gasteiger partial charge in [-0.3, -0.25) is 4.99 Å². The third kappa shape index (κ3) is 2.04. The SMILES string of the molecule is CCC(NC1=NCCN1)c1nccs1. The van der Waals surface area contributed by atoms with Crippen LogP contribution in [0.15, 0.2) is 16.6 Å². The third-order valence-electron chi connectivity index (χ3n) is 2.14. The van der Waals surface area contributed by atoms with Crippen LogP contribution in [0.4, 0.5) is 0 Å². The highest BCUT2D eigenvalue weighted by Crippen LogP contribution is 2.18. The number of hydrogen-bond acceptors (Lipinski definition) is 5. The van der Waals surface area contributed by atoms with Gasteiger partial charge < -0.3 is 10.6 Å². The summed E-state index contributed by atoms with van der Waals surface area (Å²) < 4.78 is 0. The molecule has 0 saturated heterocycles. The first-order chi connectivity index (χ1) is 6.90. The molecule has 14 heavy (non-hydrogen) atoms. The van der Waals surface area contributed by atoms with Crippen molar-refractivity contribution in [2.75, 3.05) is 13.1 Å². The molecule has 1 aromatic heterocycles. The van der Waals surface area contributed by atoms with Crippen LogP contribution in [0.1, 0.15) is 24.4 Å². The second-order valence-corrected chi connectivity index (χ2v) is 4.06. The Morgan fingerprint density at radius 1 is 1.71 bits per heavy atom. The molecule has 2 heterocycles. The van der Waals surface area contributed by atoms with Crippen LogP contribution in [-0.2, 0) is 0 Å². The molecule has 0 bridgehead atoms. The van der Waals surface area contributed by atoms with Gasteiger partial charge in [0.2, 0.25) is 0 Å². The van der Waals surface area contributed by atoms with E-state index in [0.717, 1.165) is 30.5 Å². The predicted octanol–water partition coefficient (Wildman–Crippen LogP) is 1.14. The lowest BCUT2D eigenvalue weighted by Gasteiger charge is -2.15. The summed E-state index contributed by atoms with van der Waals surface area (Å²) in [4.78, 5) is 8.61. The Kier molecular flexibility index (Phi) is 2.98. The fourth-order valence-electron chi connectivity index (χ4n) is 1.40. The highest BCUT2D eigenvalue weighted by atomic mass is 32.1. The summed E-state index contributed by atoms with van der Waals surface area (Å²) in [6.45, 7) is 3.96. The van der Waals surface area contributed by atoms with Gasteiger partial charge in [-0.25, -0.2) is 4.98 Å². The lowest BCUT2D eigenvalue weighted by atomic mass is 10.2. The molecule has 0 spiro atoms. The van der Waals surface area contributed by atoms with Crippen molar-refractivity contribution < 1.29 is 0 Å². The van der Waals surface area contributed by atoms with Crippen molar-refractivity contribution in [3.05, 3.63) is 16.6 Å². The lowest BCUT2D eigenvalue weighted by molar-refractivity contribution is 0.613. The summed E-state index contributed by atoms with van der Waals surface area (Å²) in [5.74, 6) is 0.909. The second kappa shape index (κ2) is 4.41. The molecule has 0 aliphatic carbocycles. The number of guanidine groups is 1. The topological polar surface area (TPSA) is 49.3 Å². The minimum absolute atomic E-state index is 0.291. The molecule has 1 unspecified atom stereocenters. The van der Waals surface area contributed by atoms with Gasteiger partial charge in [-0.2, -0.15) is 0 Å². The van der Waals surface area contributed by atoms with Crippen molar-refractivity contribution in [1.29, 1.82) is 0 Å². The van der Waals surface area contributed by atoms with E-state index >= 15 is 0 Å². The zero-order chi connectivity index (χ0) is 9.80. The van der Waals surface area contributed by atoms with E-state index in [9.17, 15) is 0 Å². The molecule has 4 nitrogen and oxygen atoms in total. The van der Waals surface area contributed by atoms with Crippen molar-refractivity contribution in [1.82, 2.24) is 15.6 Å². The Morgan fingerprint density at radius 3 is 3.21 bits per heavy atom. The number of aromatic nitrogens is 1. The number of hydrogen-bond donors (Lipinski definition) is 2. The molecule has 0 fully saturated rings. The van der Waals surface area contributed by atoms with Crippen LogP contribution in [0.2, 0.25) is 0 Å². The van der Waals surface area contributed by atoms with E-state index in [1.165, 1.54) is 0 Å². The molecule has 0 amide bonds. The van der Waals surface area contributed by atoms with Crippen LogP contribution >= 0.6 is 11.3 Å². The maximum Gasteiger partial charge on any atom is 0.191 e. The number of rotatable bonds is 3. The highest BCUT2D eigenvalue weighted by molar-refractivity contribution is 7.09. The second-order valence-electron chi connectivity index (χ2n) is 3.13. The Hall–Kier alpha value is -1.10. The summed E-state index contributed by atoms with van der Waals surface area (Å²) in [6, 6.07) is 0.291. The van der Waals surface area contributed by atoms with Crippen LogP contribution < -0.4 is 10.6 Å². The molecule has 5 heteroatoms. The Bertz CT molecular complexity index is 307. The molecule has 1 aromatic rings. The predicted molar refractivity (Wildman–Crippen MR) is 58.6 cm³/mol. The third-order valence-corrected chi connectivity index (χ3v) is 3.03. The number of nitrogens with zero attached hydrogens (tertiary/aromatic N) is 2. The van der Waals surface area contributed by atoms with Gasteiger partial charge in [0.15, 0.2) is 5.96 Å². The highest BCUT2D eigenvalue weighted by Gasteiger charge is 2.14. The fourth-order valence-corrected chi connectivity index (χ4v) is 2.18. The van der Waals surface area contributed by atoms with E-state index in [1.807, 2.05) is 11.6 Å². The first-order valence-corrected chi connectivity index (χ1v) is 5.72. The molecule has 1 aliphatic heterocycles. The number of aliphatic imine (C=N–C) groups is 1. The van der Waals surface area contributed by atoms with Gasteiger partial charge in [0, 0.05) is 18.1 Å². The van der Waals surface area contributed by atoms with Gasteiger partial charge in [-0.05, 0) is 6.42 Å². The van der Waals surface area contributed by atoms with Crippen molar-refractivity contribution >= 4 is 17.3 Å². The molecule has 0 aromatic carbocycles. The van der Waals surface area contributed by atoms with Crippen molar-refractivity contribution in [3.63, 3.8) is 0 Å². The first kappa shape index (κ1) is 9.45. The van der Waals surface area contributed by atoms with Crippen LogP contribution in [0.3, 0.4) is 0 Å². The minimum atomic E-state index is 0.291. The molecule has 1 aliphatic rings. The summed E-state index contributed by atoms with van der Waals surface area (Å²) in [7, 11) is 0. The minimum Gasteiger partial charge on any atom is -0.355 e. The fraction of sp³-hybridized carbons (Fsp3) is 0.556. The summed E-state index contributed by atoms with van der Waals surface area (Å²) in [5.41, 5.74) is 0. The normalized spacial score (nSPS) is 17.4. The molecule has 2 N–H and O–H groups in total. The zero-order valence-corrected chi connectivity index (χ0v) is 8.97. The van der Waals surface area contributed by atoms with E-state index < -0.39 is 0 Å². The average molecular weight is 210 g/mol. The number of nitrogens with one attached hydrogen (secondary N) is 2. The first-order valence-electron chi connectivity index (χ1n) is 4.84. The largest absolute Gasteiger partial charge is 0.355 e. The molecule has 1 atom stereocenters. The molecule has 0 saturated carbocycles. The lowest BCUT2D eigenvalue weighted by Crippen LogP contribution is -2.36. The van der Waals surface area contributed by atoms with Crippen LogP contribution in [0.25, 0.3) is 0 Å². The zero-order valence-electron chi connectivity index (χ0n) is 8.16. The van der Waals surface area contributed by atoms with E-state index in [4.69, 9.17) is 0 Å². The molecule has 0 radical (unpaired) electrons.